The number of fused-ring (bicyclic) bond motifs is 9. The molecule has 5 aliphatic heterocycles. The van der Waals surface area contributed by atoms with E-state index < -0.39 is 35.4 Å². The molecule has 1 unspecified atom stereocenters. The number of thioether (sulfide) groups is 1. The van der Waals surface area contributed by atoms with Crippen LogP contribution in [0.25, 0.3) is 0 Å². The van der Waals surface area contributed by atoms with Crippen LogP contribution in [-0.4, -0.2) is 103 Å². The number of cyclic esters (lactones) is 1. The molecule has 7 rings (SSSR count). The molecule has 2 fully saturated rings. The quantitative estimate of drug-likeness (QED) is 0.386. The zero-order chi connectivity index (χ0) is 32.8. The van der Waals surface area contributed by atoms with Crippen LogP contribution in [0.1, 0.15) is 57.6 Å². The van der Waals surface area contributed by atoms with Crippen molar-refractivity contribution in [1.82, 2.24) is 14.7 Å². The molecular formula is C33H38N4O8S. The average Bonchev–Trinajstić information content (AvgIpc) is 3.49. The lowest BCUT2D eigenvalue weighted by Crippen LogP contribution is -2.69. The van der Waals surface area contributed by atoms with Crippen molar-refractivity contribution in [3.8, 4) is 34.8 Å². The molecule has 13 heteroatoms. The Balaban J connectivity index is 1.56. The van der Waals surface area contributed by atoms with Gasteiger partial charge in [-0.3, -0.25) is 24.3 Å². The van der Waals surface area contributed by atoms with Gasteiger partial charge in [0, 0.05) is 47.0 Å². The Morgan fingerprint density at radius 1 is 1.15 bits per heavy atom. The normalized spacial score (nSPS) is 29.7. The molecule has 5 heterocycles. The van der Waals surface area contributed by atoms with Crippen molar-refractivity contribution in [3.05, 3.63) is 39.4 Å². The smallest absolute Gasteiger partial charge is 0.324 e. The van der Waals surface area contributed by atoms with Crippen LogP contribution in [0.3, 0.4) is 0 Å². The highest BCUT2D eigenvalue weighted by Crippen LogP contribution is 2.64. The molecule has 2 aromatic rings. The number of nitriles is 1. The third-order valence-corrected chi connectivity index (χ3v) is 11.6. The number of phenolic OH excluding ortho intramolecular Hbond substituents is 1. The first-order chi connectivity index (χ1) is 22.0. The predicted octanol–water partition coefficient (Wildman–Crippen LogP) is 3.16. The molecule has 0 radical (unpaired) electrons. The first kappa shape index (κ1) is 30.9. The standard InChI is InChI=1S/C33H38N4O8S/c1-14-8-17-9-18-19(10-34)37-20-11-42-33(40)21(35(4)5)12-46-32(26(37)25(36(18)6)22(17)27(39)28(14)41-7)24-23(20)31-30(43-13-44-31)15(2)29(24)45-16(3)38/h8,18-21,25-26,32,39H,9,11-13H2,1-7H3/t18-,19+,20-,21+,25-,26?,32-/m1/s1. The number of hydrogen-bond donors (Lipinski definition) is 1. The van der Waals surface area contributed by atoms with Gasteiger partial charge in [0.15, 0.2) is 23.0 Å². The van der Waals surface area contributed by atoms with E-state index in [9.17, 15) is 20.0 Å². The van der Waals surface area contributed by atoms with E-state index in [2.05, 4.69) is 21.9 Å². The summed E-state index contributed by atoms with van der Waals surface area (Å²) in [5.74, 6) is 1.42. The van der Waals surface area contributed by atoms with E-state index in [0.717, 1.165) is 22.3 Å². The van der Waals surface area contributed by atoms with Gasteiger partial charge >= 0.3 is 11.9 Å². The molecule has 46 heavy (non-hydrogen) atoms. The van der Waals surface area contributed by atoms with Gasteiger partial charge in [0.25, 0.3) is 0 Å². The molecule has 5 aliphatic rings. The van der Waals surface area contributed by atoms with E-state index >= 15 is 0 Å². The highest BCUT2D eigenvalue weighted by atomic mass is 32.2. The zero-order valence-electron chi connectivity index (χ0n) is 26.9. The van der Waals surface area contributed by atoms with Gasteiger partial charge in [-0.15, -0.1) is 11.8 Å². The third-order valence-electron chi connectivity index (χ3n) is 10.3. The number of likely N-dealkylation sites (N-methyl/N-ethyl adjacent to an activating group) is 2. The highest BCUT2D eigenvalue weighted by Gasteiger charge is 2.60. The van der Waals surface area contributed by atoms with Crippen LogP contribution in [0, 0.1) is 25.2 Å². The maximum atomic E-state index is 13.5. The molecule has 2 saturated heterocycles. The molecular weight excluding hydrogens is 612 g/mol. The summed E-state index contributed by atoms with van der Waals surface area (Å²) in [5, 5.41) is 22.3. The Morgan fingerprint density at radius 3 is 2.57 bits per heavy atom. The molecule has 244 valence electrons. The van der Waals surface area contributed by atoms with E-state index in [4.69, 9.17) is 23.7 Å². The van der Waals surface area contributed by atoms with E-state index in [-0.39, 0.29) is 37.2 Å². The lowest BCUT2D eigenvalue weighted by atomic mass is 9.71. The Kier molecular flexibility index (Phi) is 7.55. The number of benzene rings is 2. The number of rotatable bonds is 3. The summed E-state index contributed by atoms with van der Waals surface area (Å²) in [5.41, 5.74) is 4.65. The predicted molar refractivity (Wildman–Crippen MR) is 167 cm³/mol. The van der Waals surface area contributed by atoms with Gasteiger partial charge in [-0.25, -0.2) is 0 Å². The van der Waals surface area contributed by atoms with Crippen molar-refractivity contribution in [2.24, 2.45) is 0 Å². The number of nitrogens with zero attached hydrogens (tertiary/aromatic N) is 4. The number of carbonyl (C=O) groups excluding carboxylic acids is 2. The van der Waals surface area contributed by atoms with Crippen molar-refractivity contribution in [2.75, 3.05) is 47.4 Å². The molecule has 7 atom stereocenters. The fourth-order valence-electron chi connectivity index (χ4n) is 8.32. The zero-order valence-corrected chi connectivity index (χ0v) is 27.8. The van der Waals surface area contributed by atoms with Gasteiger partial charge < -0.3 is 28.8 Å². The van der Waals surface area contributed by atoms with E-state index in [1.807, 2.05) is 39.9 Å². The summed E-state index contributed by atoms with van der Waals surface area (Å²) in [6.45, 7) is 5.05. The van der Waals surface area contributed by atoms with Crippen molar-refractivity contribution >= 4 is 23.7 Å². The van der Waals surface area contributed by atoms with Crippen LogP contribution in [0.4, 0.5) is 0 Å². The van der Waals surface area contributed by atoms with E-state index in [1.54, 1.807) is 18.9 Å². The molecule has 0 saturated carbocycles. The minimum absolute atomic E-state index is 0.0152. The second kappa shape index (κ2) is 11.2. The first-order valence-corrected chi connectivity index (χ1v) is 16.4. The summed E-state index contributed by atoms with van der Waals surface area (Å²) in [4.78, 5) is 32.4. The van der Waals surface area contributed by atoms with Crippen molar-refractivity contribution in [3.63, 3.8) is 0 Å². The molecule has 1 N–H and O–H groups in total. The minimum atomic E-state index is -0.633. The Bertz CT molecular complexity index is 1690. The second-order valence-corrected chi connectivity index (χ2v) is 14.0. The van der Waals surface area contributed by atoms with Gasteiger partial charge in [-0.1, -0.05) is 6.07 Å². The average molecular weight is 651 g/mol. The monoisotopic (exact) mass is 650 g/mol. The molecule has 12 nitrogen and oxygen atoms in total. The number of methoxy groups -OCH3 is 1. The van der Waals surface area contributed by atoms with Gasteiger partial charge in [0.05, 0.1) is 30.5 Å². The minimum Gasteiger partial charge on any atom is -0.504 e. The van der Waals surface area contributed by atoms with Gasteiger partial charge in [-0.2, -0.15) is 5.26 Å². The fraction of sp³-hybridized carbons (Fsp3) is 0.545. The highest BCUT2D eigenvalue weighted by molar-refractivity contribution is 7.99. The van der Waals surface area contributed by atoms with Crippen molar-refractivity contribution in [2.45, 2.75) is 68.7 Å². The molecule has 2 aromatic carbocycles. The van der Waals surface area contributed by atoms with Crippen LogP contribution < -0.4 is 18.9 Å². The van der Waals surface area contributed by atoms with Crippen LogP contribution >= 0.6 is 11.8 Å². The first-order valence-electron chi connectivity index (χ1n) is 15.4. The summed E-state index contributed by atoms with van der Waals surface area (Å²) in [6, 6.07) is 1.87. The van der Waals surface area contributed by atoms with Crippen LogP contribution in [0.15, 0.2) is 6.07 Å². The van der Waals surface area contributed by atoms with Crippen LogP contribution in [-0.2, 0) is 20.7 Å². The number of aromatic hydroxyl groups is 1. The topological polar surface area (TPSA) is 134 Å². The molecule has 0 aromatic heterocycles. The van der Waals surface area contributed by atoms with Gasteiger partial charge in [0.1, 0.15) is 24.4 Å². The number of esters is 2. The lowest BCUT2D eigenvalue weighted by molar-refractivity contribution is -0.154. The number of piperazine rings is 1. The van der Waals surface area contributed by atoms with Crippen molar-refractivity contribution in [1.29, 1.82) is 5.26 Å². The fourth-order valence-corrected chi connectivity index (χ4v) is 10.0. The van der Waals surface area contributed by atoms with Crippen LogP contribution in [0.2, 0.25) is 0 Å². The molecule has 0 spiro atoms. The molecule has 0 amide bonds. The Labute approximate surface area is 272 Å². The lowest BCUT2D eigenvalue weighted by Gasteiger charge is -2.61. The summed E-state index contributed by atoms with van der Waals surface area (Å²) in [7, 11) is 7.24. The van der Waals surface area contributed by atoms with E-state index in [0.29, 0.717) is 46.3 Å². The van der Waals surface area contributed by atoms with Crippen LogP contribution in [0.5, 0.6) is 28.7 Å². The number of carbonyl (C=O) groups is 2. The Hall–Kier alpha value is -3.70. The summed E-state index contributed by atoms with van der Waals surface area (Å²) < 4.78 is 29.9. The van der Waals surface area contributed by atoms with Gasteiger partial charge in [0.2, 0.25) is 6.79 Å². The second-order valence-electron chi connectivity index (χ2n) is 12.9. The largest absolute Gasteiger partial charge is 0.504 e. The molecule has 4 bridgehead atoms. The van der Waals surface area contributed by atoms with Crippen molar-refractivity contribution < 1.29 is 38.4 Å². The number of phenols is 1. The maximum Gasteiger partial charge on any atom is 0.324 e. The van der Waals surface area contributed by atoms with E-state index in [1.165, 1.54) is 6.92 Å². The number of aryl methyl sites for hydroxylation is 1. The van der Waals surface area contributed by atoms with Gasteiger partial charge in [-0.05, 0) is 52.5 Å². The maximum absolute atomic E-state index is 13.5. The number of ether oxygens (including phenoxy) is 5. The third kappa shape index (κ3) is 4.30. The summed E-state index contributed by atoms with van der Waals surface area (Å²) >= 11 is 1.55. The SMILES string of the molecule is COc1c(C)cc2c(c1O)[C@@H]1C3[C@@H]4SC[C@H](N(C)C)C(=O)OC[C@H](c5c6c(c(C)c(OC(C)=O)c54)OCO6)N3[C@@H](C#N)[C@@H](C2)N1C. The Morgan fingerprint density at radius 2 is 1.89 bits per heavy atom. The summed E-state index contributed by atoms with van der Waals surface area (Å²) in [6.07, 6.45) is 0.534. The molecule has 0 aliphatic carbocycles. The number of hydrogen-bond acceptors (Lipinski definition) is 13.